The quantitative estimate of drug-likeness (QED) is 0.166. The number of alkyl halides is 1. The van der Waals surface area contributed by atoms with Crippen molar-refractivity contribution >= 4 is 42.6 Å². The van der Waals surface area contributed by atoms with Gasteiger partial charge >= 0.3 is 10.1 Å². The standard InChI is InChI=1S/C22H11BrF7NO5S/c1-35-14-5-9(23)10(24)6-13(14)31-12-7-11(25)15(4-8(12)2-3-16(31)32)37(33,34)36-22-20(29)18(27)17(26)19(28)21(22)30/h2-5,7,10H,6H2,1H3. The first-order chi connectivity index (χ1) is 17.3. The number of nitrogens with zero attached hydrogens (tertiary/aromatic N) is 1. The van der Waals surface area contributed by atoms with E-state index in [2.05, 4.69) is 20.1 Å². The SMILES string of the molecule is COC1=C(n2c(=O)ccc3cc(S(=O)(=O)Oc4c(F)c(F)c(F)c(F)c4F)c(F)cc32)CC(F)C(Br)=C1. The van der Waals surface area contributed by atoms with Crippen molar-refractivity contribution in [2.75, 3.05) is 7.11 Å². The molecule has 0 bridgehead atoms. The van der Waals surface area contributed by atoms with Crippen LogP contribution in [0.4, 0.5) is 30.7 Å². The molecule has 1 aliphatic carbocycles. The van der Waals surface area contributed by atoms with Crippen LogP contribution >= 0.6 is 15.9 Å². The number of fused-ring (bicyclic) bond motifs is 1. The van der Waals surface area contributed by atoms with E-state index in [9.17, 15) is 39.6 Å². The van der Waals surface area contributed by atoms with Crippen LogP contribution in [0, 0.1) is 34.9 Å². The minimum absolute atomic E-state index is 0.0264. The van der Waals surface area contributed by atoms with E-state index in [0.717, 1.165) is 16.7 Å². The summed E-state index contributed by atoms with van der Waals surface area (Å²) in [5.74, 6) is -16.4. The second-order valence-corrected chi connectivity index (χ2v) is 9.93. The highest BCUT2D eigenvalue weighted by atomic mass is 79.9. The minimum atomic E-state index is -5.52. The number of benzene rings is 2. The van der Waals surface area contributed by atoms with Crippen LogP contribution in [-0.4, -0.2) is 26.3 Å². The molecule has 37 heavy (non-hydrogen) atoms. The van der Waals surface area contributed by atoms with Crippen molar-refractivity contribution < 1.29 is 48.1 Å². The number of rotatable bonds is 5. The number of hydrogen-bond donors (Lipinski definition) is 0. The van der Waals surface area contributed by atoms with Gasteiger partial charge in [-0.3, -0.25) is 9.36 Å². The van der Waals surface area contributed by atoms with Crippen LogP contribution in [0.5, 0.6) is 5.75 Å². The zero-order valence-electron chi connectivity index (χ0n) is 18.1. The Hall–Kier alpha value is -3.33. The van der Waals surface area contributed by atoms with E-state index in [1.165, 1.54) is 13.2 Å². The fraction of sp³-hybridized carbons (Fsp3) is 0.136. The Labute approximate surface area is 211 Å². The van der Waals surface area contributed by atoms with E-state index in [-0.39, 0.29) is 33.3 Å². The topological polar surface area (TPSA) is 74.6 Å². The van der Waals surface area contributed by atoms with Gasteiger partial charge in [-0.2, -0.15) is 17.2 Å². The Morgan fingerprint density at radius 3 is 2.16 bits per heavy atom. The summed E-state index contributed by atoms with van der Waals surface area (Å²) in [4.78, 5) is 11.3. The molecule has 1 aliphatic rings. The smallest absolute Gasteiger partial charge is 0.342 e. The number of methoxy groups -OCH3 is 1. The van der Waals surface area contributed by atoms with E-state index in [1.807, 2.05) is 0 Å². The highest BCUT2D eigenvalue weighted by Crippen LogP contribution is 2.36. The molecular formula is C22H11BrF7NO5S. The molecule has 3 aromatic rings. The lowest BCUT2D eigenvalue weighted by Crippen LogP contribution is -2.24. The van der Waals surface area contributed by atoms with Gasteiger partial charge in [0, 0.05) is 28.4 Å². The first-order valence-corrected chi connectivity index (χ1v) is 12.1. The number of aromatic nitrogens is 1. The molecule has 2 aromatic carbocycles. The van der Waals surface area contributed by atoms with Gasteiger partial charge in [-0.1, -0.05) is 15.9 Å². The first-order valence-electron chi connectivity index (χ1n) is 9.88. The maximum absolute atomic E-state index is 15.0. The van der Waals surface area contributed by atoms with Crippen molar-refractivity contribution in [3.8, 4) is 5.75 Å². The van der Waals surface area contributed by atoms with Crippen molar-refractivity contribution in [2.24, 2.45) is 0 Å². The molecule has 6 nitrogen and oxygen atoms in total. The molecule has 0 saturated heterocycles. The number of allylic oxidation sites excluding steroid dienone is 3. The Balaban J connectivity index is 1.90. The molecule has 15 heteroatoms. The lowest BCUT2D eigenvalue weighted by Gasteiger charge is -2.22. The molecule has 0 spiro atoms. The van der Waals surface area contributed by atoms with Crippen molar-refractivity contribution in [2.45, 2.75) is 17.5 Å². The van der Waals surface area contributed by atoms with E-state index in [1.54, 1.807) is 0 Å². The summed E-state index contributed by atoms with van der Waals surface area (Å²) in [6, 6.07) is 3.17. The zero-order valence-corrected chi connectivity index (χ0v) is 20.5. The third-order valence-corrected chi connectivity index (χ3v) is 7.26. The average molecular weight is 614 g/mol. The maximum Gasteiger partial charge on any atom is 0.342 e. The Bertz CT molecular complexity index is 1670. The molecule has 0 fully saturated rings. The summed E-state index contributed by atoms with van der Waals surface area (Å²) in [5, 5.41) is -0.146. The van der Waals surface area contributed by atoms with Gasteiger partial charge in [0.15, 0.2) is 0 Å². The lowest BCUT2D eigenvalue weighted by molar-refractivity contribution is 0.296. The van der Waals surface area contributed by atoms with Crippen molar-refractivity contribution in [1.82, 2.24) is 4.57 Å². The molecule has 0 saturated carbocycles. The number of pyridine rings is 1. The summed E-state index contributed by atoms with van der Waals surface area (Å²) >= 11 is 3.02. The zero-order chi connectivity index (χ0) is 27.4. The van der Waals surface area contributed by atoms with Crippen LogP contribution in [0.2, 0.25) is 0 Å². The second kappa shape index (κ2) is 9.52. The third-order valence-electron chi connectivity index (χ3n) is 5.29. The van der Waals surface area contributed by atoms with Crippen LogP contribution in [0.1, 0.15) is 6.42 Å². The van der Waals surface area contributed by atoms with Gasteiger partial charge in [0.05, 0.1) is 18.3 Å². The van der Waals surface area contributed by atoms with Crippen LogP contribution < -0.4 is 9.74 Å². The Kier molecular flexibility index (Phi) is 6.88. The molecule has 0 amide bonds. The second-order valence-electron chi connectivity index (χ2n) is 7.50. The maximum atomic E-state index is 15.0. The number of hydrogen-bond acceptors (Lipinski definition) is 5. The molecule has 1 aromatic heterocycles. The largest absolute Gasteiger partial charge is 0.495 e. The molecule has 0 aliphatic heterocycles. The van der Waals surface area contributed by atoms with E-state index in [4.69, 9.17) is 4.74 Å². The van der Waals surface area contributed by atoms with Gasteiger partial charge in [-0.15, -0.1) is 0 Å². The van der Waals surface area contributed by atoms with Crippen LogP contribution in [0.15, 0.2) is 50.3 Å². The molecule has 0 N–H and O–H groups in total. The van der Waals surface area contributed by atoms with Crippen LogP contribution in [-0.2, 0) is 14.9 Å². The number of ether oxygens (including phenoxy) is 1. The predicted molar refractivity (Wildman–Crippen MR) is 119 cm³/mol. The Morgan fingerprint density at radius 2 is 1.57 bits per heavy atom. The van der Waals surface area contributed by atoms with Gasteiger partial charge < -0.3 is 8.92 Å². The van der Waals surface area contributed by atoms with Crippen molar-refractivity contribution in [1.29, 1.82) is 0 Å². The van der Waals surface area contributed by atoms with E-state index in [0.29, 0.717) is 12.1 Å². The van der Waals surface area contributed by atoms with E-state index < -0.39 is 67.4 Å². The normalized spacial score (nSPS) is 16.2. The van der Waals surface area contributed by atoms with Gasteiger partial charge in [0.1, 0.15) is 22.6 Å². The van der Waals surface area contributed by atoms with Gasteiger partial charge in [0.2, 0.25) is 34.8 Å². The van der Waals surface area contributed by atoms with Crippen LogP contribution in [0.3, 0.4) is 0 Å². The molecule has 1 heterocycles. The lowest BCUT2D eigenvalue weighted by atomic mass is 10.1. The van der Waals surface area contributed by atoms with Gasteiger partial charge in [-0.25, -0.2) is 22.0 Å². The number of halogens is 8. The average Bonchev–Trinajstić information content (AvgIpc) is 2.85. The first kappa shape index (κ1) is 26.7. The fourth-order valence-electron chi connectivity index (χ4n) is 3.57. The molecule has 4 rings (SSSR count). The molecular weight excluding hydrogens is 603 g/mol. The van der Waals surface area contributed by atoms with Gasteiger partial charge in [-0.05, 0) is 18.2 Å². The molecule has 0 radical (unpaired) electrons. The minimum Gasteiger partial charge on any atom is -0.495 e. The highest BCUT2D eigenvalue weighted by Gasteiger charge is 2.33. The fourth-order valence-corrected chi connectivity index (χ4v) is 4.96. The summed E-state index contributed by atoms with van der Waals surface area (Å²) in [6.07, 6.45) is -0.721. The van der Waals surface area contributed by atoms with Crippen molar-refractivity contribution in [3.05, 3.63) is 85.8 Å². The monoisotopic (exact) mass is 613 g/mol. The summed E-state index contributed by atoms with van der Waals surface area (Å²) in [7, 11) is -4.28. The summed E-state index contributed by atoms with van der Waals surface area (Å²) < 4.78 is 133. The molecule has 196 valence electrons. The summed E-state index contributed by atoms with van der Waals surface area (Å²) in [6.45, 7) is 0. The van der Waals surface area contributed by atoms with E-state index >= 15 is 4.39 Å². The third kappa shape index (κ3) is 4.50. The summed E-state index contributed by atoms with van der Waals surface area (Å²) in [5.41, 5.74) is -1.03. The molecule has 1 atom stereocenters. The van der Waals surface area contributed by atoms with Crippen LogP contribution in [0.25, 0.3) is 16.6 Å². The highest BCUT2D eigenvalue weighted by molar-refractivity contribution is 9.11. The van der Waals surface area contributed by atoms with Gasteiger partial charge in [0.25, 0.3) is 5.56 Å². The van der Waals surface area contributed by atoms with Crippen molar-refractivity contribution in [3.63, 3.8) is 0 Å². The predicted octanol–water partition coefficient (Wildman–Crippen LogP) is 5.44. The Morgan fingerprint density at radius 1 is 0.973 bits per heavy atom. The molecule has 1 unspecified atom stereocenters.